The van der Waals surface area contributed by atoms with Gasteiger partial charge in [-0.25, -0.2) is 0 Å². The Hall–Kier alpha value is -1.91. The van der Waals surface area contributed by atoms with Gasteiger partial charge in [-0.15, -0.1) is 0 Å². The molecule has 0 fully saturated rings. The maximum atomic E-state index is 9.12. The molecule has 2 aromatic rings. The number of nitrogens with two attached hydrogens (primary N) is 1. The fourth-order valence-corrected chi connectivity index (χ4v) is 1.96. The summed E-state index contributed by atoms with van der Waals surface area (Å²) in [4.78, 5) is 0. The Bertz CT molecular complexity index is 629. The Labute approximate surface area is 122 Å². The number of methoxy groups -OCH3 is 1. The van der Waals surface area contributed by atoms with Gasteiger partial charge in [-0.2, -0.15) is 0 Å². The number of rotatable bonds is 4. The van der Waals surface area contributed by atoms with Crippen molar-refractivity contribution in [2.45, 2.75) is 13.5 Å². The predicted molar refractivity (Wildman–Crippen MR) is 79.6 cm³/mol. The standard InChI is InChI=1S/C15H16ClNO3/c1-9-5-12(17)11(16)7-14(9)20-13-4-3-10(8-18)6-15(13)19-2/h3-7,18H,8,17H2,1-2H3. The minimum Gasteiger partial charge on any atom is -0.493 e. The molecular formula is C15H16ClNO3. The number of aliphatic hydroxyl groups excluding tert-OH is 1. The highest BCUT2D eigenvalue weighted by Gasteiger charge is 2.10. The molecule has 3 N–H and O–H groups in total. The lowest BCUT2D eigenvalue weighted by molar-refractivity contribution is 0.280. The number of halogens is 1. The molecule has 0 saturated carbocycles. The molecule has 0 radical (unpaired) electrons. The van der Waals surface area contributed by atoms with Crippen molar-refractivity contribution in [1.29, 1.82) is 0 Å². The minimum absolute atomic E-state index is 0.0522. The van der Waals surface area contributed by atoms with E-state index in [-0.39, 0.29) is 6.61 Å². The SMILES string of the molecule is COc1cc(CO)ccc1Oc1cc(Cl)c(N)cc1C. The summed E-state index contributed by atoms with van der Waals surface area (Å²) in [7, 11) is 1.55. The van der Waals surface area contributed by atoms with Gasteiger partial charge in [0.2, 0.25) is 0 Å². The molecule has 0 aliphatic heterocycles. The van der Waals surface area contributed by atoms with Crippen molar-refractivity contribution in [3.05, 3.63) is 46.5 Å². The number of aryl methyl sites for hydroxylation is 1. The zero-order chi connectivity index (χ0) is 14.7. The third-order valence-corrected chi connectivity index (χ3v) is 3.25. The Morgan fingerprint density at radius 1 is 1.15 bits per heavy atom. The molecule has 20 heavy (non-hydrogen) atoms. The largest absolute Gasteiger partial charge is 0.493 e. The molecule has 0 unspecified atom stereocenters. The molecule has 0 aromatic heterocycles. The van der Waals surface area contributed by atoms with E-state index in [1.54, 1.807) is 37.4 Å². The quantitative estimate of drug-likeness (QED) is 0.847. The predicted octanol–water partition coefficient (Wildman–Crippen LogP) is 3.52. The molecule has 0 heterocycles. The third-order valence-electron chi connectivity index (χ3n) is 2.92. The van der Waals surface area contributed by atoms with Gasteiger partial charge < -0.3 is 20.3 Å². The Kier molecular flexibility index (Phi) is 4.37. The van der Waals surface area contributed by atoms with Gasteiger partial charge in [0.05, 0.1) is 24.4 Å². The van der Waals surface area contributed by atoms with E-state index in [4.69, 9.17) is 31.9 Å². The van der Waals surface area contributed by atoms with Crippen LogP contribution in [0.2, 0.25) is 5.02 Å². The van der Waals surface area contributed by atoms with Crippen molar-refractivity contribution in [1.82, 2.24) is 0 Å². The van der Waals surface area contributed by atoms with Gasteiger partial charge in [0, 0.05) is 6.07 Å². The van der Waals surface area contributed by atoms with Crippen molar-refractivity contribution in [3.63, 3.8) is 0 Å². The molecular weight excluding hydrogens is 278 g/mol. The first-order valence-corrected chi connectivity index (χ1v) is 6.44. The Morgan fingerprint density at radius 3 is 2.55 bits per heavy atom. The average Bonchev–Trinajstić information content (AvgIpc) is 2.45. The van der Waals surface area contributed by atoms with Crippen LogP contribution in [0, 0.1) is 6.92 Å². The lowest BCUT2D eigenvalue weighted by Crippen LogP contribution is -1.95. The van der Waals surface area contributed by atoms with E-state index < -0.39 is 0 Å². The van der Waals surface area contributed by atoms with Crippen LogP contribution in [0.3, 0.4) is 0 Å². The Balaban J connectivity index is 2.37. The highest BCUT2D eigenvalue weighted by atomic mass is 35.5. The zero-order valence-corrected chi connectivity index (χ0v) is 12.1. The normalized spacial score (nSPS) is 10.4. The van der Waals surface area contributed by atoms with Gasteiger partial charge >= 0.3 is 0 Å². The van der Waals surface area contributed by atoms with Gasteiger partial charge in [-0.05, 0) is 36.2 Å². The number of hydrogen-bond acceptors (Lipinski definition) is 4. The summed E-state index contributed by atoms with van der Waals surface area (Å²) in [6.45, 7) is 1.83. The fourth-order valence-electron chi connectivity index (χ4n) is 1.81. The maximum absolute atomic E-state index is 9.12. The number of ether oxygens (including phenoxy) is 2. The minimum atomic E-state index is -0.0522. The van der Waals surface area contributed by atoms with Crippen LogP contribution in [-0.2, 0) is 6.61 Å². The fraction of sp³-hybridized carbons (Fsp3) is 0.200. The number of anilines is 1. The molecule has 106 valence electrons. The van der Waals surface area contributed by atoms with Crippen molar-refractivity contribution in [2.75, 3.05) is 12.8 Å². The third kappa shape index (κ3) is 2.98. The summed E-state index contributed by atoms with van der Waals surface area (Å²) < 4.78 is 11.1. The number of hydrogen-bond donors (Lipinski definition) is 2. The second-order valence-electron chi connectivity index (χ2n) is 4.38. The van der Waals surface area contributed by atoms with E-state index in [0.29, 0.717) is 28.0 Å². The molecule has 2 rings (SSSR count). The maximum Gasteiger partial charge on any atom is 0.169 e. The summed E-state index contributed by atoms with van der Waals surface area (Å²) in [6, 6.07) is 8.67. The molecule has 0 aliphatic carbocycles. The zero-order valence-electron chi connectivity index (χ0n) is 11.3. The molecule has 0 bridgehead atoms. The van der Waals surface area contributed by atoms with Crippen LogP contribution in [0.15, 0.2) is 30.3 Å². The Morgan fingerprint density at radius 2 is 1.90 bits per heavy atom. The molecule has 0 aliphatic rings. The second kappa shape index (κ2) is 6.03. The summed E-state index contributed by atoms with van der Waals surface area (Å²) in [5.74, 6) is 1.71. The van der Waals surface area contributed by atoms with Crippen LogP contribution < -0.4 is 15.2 Å². The number of benzene rings is 2. The molecule has 0 spiro atoms. The summed E-state index contributed by atoms with van der Waals surface area (Å²) in [6.07, 6.45) is 0. The van der Waals surface area contributed by atoms with Gasteiger partial charge in [0.15, 0.2) is 11.5 Å². The highest BCUT2D eigenvalue weighted by molar-refractivity contribution is 6.33. The van der Waals surface area contributed by atoms with Crippen molar-refractivity contribution in [2.24, 2.45) is 0 Å². The lowest BCUT2D eigenvalue weighted by atomic mass is 10.2. The topological polar surface area (TPSA) is 64.7 Å². The second-order valence-corrected chi connectivity index (χ2v) is 4.79. The van der Waals surface area contributed by atoms with E-state index in [9.17, 15) is 0 Å². The molecule has 0 atom stereocenters. The van der Waals surface area contributed by atoms with E-state index in [1.807, 2.05) is 6.92 Å². The van der Waals surface area contributed by atoms with Crippen LogP contribution in [-0.4, -0.2) is 12.2 Å². The summed E-state index contributed by atoms with van der Waals surface area (Å²) in [5, 5.41) is 9.56. The van der Waals surface area contributed by atoms with Crippen LogP contribution in [0.5, 0.6) is 17.2 Å². The highest BCUT2D eigenvalue weighted by Crippen LogP contribution is 2.36. The van der Waals surface area contributed by atoms with E-state index in [2.05, 4.69) is 0 Å². The smallest absolute Gasteiger partial charge is 0.169 e. The molecule has 0 saturated heterocycles. The monoisotopic (exact) mass is 293 g/mol. The van der Waals surface area contributed by atoms with Crippen LogP contribution in [0.4, 0.5) is 5.69 Å². The molecule has 0 amide bonds. The molecule has 5 heteroatoms. The van der Waals surface area contributed by atoms with Gasteiger partial charge in [0.25, 0.3) is 0 Å². The van der Waals surface area contributed by atoms with Crippen molar-refractivity contribution in [3.8, 4) is 17.2 Å². The van der Waals surface area contributed by atoms with Gasteiger partial charge in [-0.1, -0.05) is 17.7 Å². The van der Waals surface area contributed by atoms with E-state index in [0.717, 1.165) is 11.1 Å². The first-order valence-electron chi connectivity index (χ1n) is 6.06. The van der Waals surface area contributed by atoms with Crippen LogP contribution >= 0.6 is 11.6 Å². The van der Waals surface area contributed by atoms with Gasteiger partial charge in [0.1, 0.15) is 5.75 Å². The van der Waals surface area contributed by atoms with Crippen LogP contribution in [0.1, 0.15) is 11.1 Å². The van der Waals surface area contributed by atoms with Gasteiger partial charge in [-0.3, -0.25) is 0 Å². The number of aliphatic hydroxyl groups is 1. The number of nitrogen functional groups attached to an aromatic ring is 1. The summed E-state index contributed by atoms with van der Waals surface area (Å²) in [5.41, 5.74) is 7.88. The van der Waals surface area contributed by atoms with Crippen LogP contribution in [0.25, 0.3) is 0 Å². The van der Waals surface area contributed by atoms with E-state index in [1.165, 1.54) is 0 Å². The van der Waals surface area contributed by atoms with E-state index >= 15 is 0 Å². The lowest BCUT2D eigenvalue weighted by Gasteiger charge is -2.14. The molecule has 2 aromatic carbocycles. The summed E-state index contributed by atoms with van der Waals surface area (Å²) >= 11 is 6.00. The average molecular weight is 294 g/mol. The van der Waals surface area contributed by atoms with Crippen molar-refractivity contribution < 1.29 is 14.6 Å². The molecule has 4 nitrogen and oxygen atoms in total. The first-order chi connectivity index (χ1) is 9.55. The van der Waals surface area contributed by atoms with Crippen molar-refractivity contribution >= 4 is 17.3 Å². The first kappa shape index (κ1) is 14.5.